The zero-order valence-electron chi connectivity index (χ0n) is 27.5. The molecule has 5 aromatic heterocycles. The smallest absolute Gasteiger partial charge is 0.180 e. The molecule has 0 atom stereocenters. The van der Waals surface area contributed by atoms with E-state index in [4.69, 9.17) is 14.4 Å². The van der Waals surface area contributed by atoms with E-state index in [0.717, 1.165) is 39.0 Å². The largest absolute Gasteiger partial charge is 0.452 e. The molecule has 0 bridgehead atoms. The normalized spacial score (nSPS) is 12.2. The van der Waals surface area contributed by atoms with Gasteiger partial charge < -0.3 is 8.98 Å². The Bertz CT molecular complexity index is 3440. The van der Waals surface area contributed by atoms with E-state index in [2.05, 4.69) is 150 Å². The molecule has 5 heterocycles. The number of fused-ring (bicyclic) bond motifs is 12. The summed E-state index contributed by atoms with van der Waals surface area (Å²) in [6, 6.07) is 52.5. The Morgan fingerprint density at radius 1 is 0.481 bits per heavy atom. The summed E-state index contributed by atoms with van der Waals surface area (Å²) in [4.78, 5) is 9.60. The van der Waals surface area contributed by atoms with E-state index in [1.807, 2.05) is 22.7 Å². The SMILES string of the molecule is c1cc(-c2ncnc3c2oc2ccc(-n4c5ccccc5c5cc6c(cc54)sc4ccccc46)cc23)cc(-c2cccc3c2sc2ccccc23)c1. The van der Waals surface area contributed by atoms with Gasteiger partial charge in [0, 0.05) is 67.8 Å². The Morgan fingerprint density at radius 3 is 2.13 bits per heavy atom. The maximum absolute atomic E-state index is 6.60. The summed E-state index contributed by atoms with van der Waals surface area (Å²) in [6.07, 6.45) is 1.66. The van der Waals surface area contributed by atoms with Crippen molar-refractivity contribution in [2.24, 2.45) is 0 Å². The highest BCUT2D eigenvalue weighted by atomic mass is 32.1. The maximum Gasteiger partial charge on any atom is 0.180 e. The molecule has 12 rings (SSSR count). The number of nitrogens with zero attached hydrogens (tertiary/aromatic N) is 3. The topological polar surface area (TPSA) is 43.9 Å². The third-order valence-electron chi connectivity index (χ3n) is 10.5. The second-order valence-electron chi connectivity index (χ2n) is 13.4. The van der Waals surface area contributed by atoms with Gasteiger partial charge in [0.05, 0.1) is 11.0 Å². The van der Waals surface area contributed by atoms with E-state index in [0.29, 0.717) is 5.58 Å². The molecule has 12 aromatic rings. The quantitative estimate of drug-likeness (QED) is 0.184. The third-order valence-corrected chi connectivity index (χ3v) is 12.9. The molecular formula is C46H25N3OS2. The van der Waals surface area contributed by atoms with Gasteiger partial charge in [-0.2, -0.15) is 0 Å². The van der Waals surface area contributed by atoms with Gasteiger partial charge in [-0.1, -0.05) is 91.0 Å². The molecule has 4 nitrogen and oxygen atoms in total. The third kappa shape index (κ3) is 3.96. The highest BCUT2D eigenvalue weighted by Crippen LogP contribution is 2.43. The lowest BCUT2D eigenvalue weighted by Gasteiger charge is -2.08. The fraction of sp³-hybridized carbons (Fsp3) is 0. The van der Waals surface area contributed by atoms with Crippen LogP contribution in [0.15, 0.2) is 156 Å². The summed E-state index contributed by atoms with van der Waals surface area (Å²) in [6.45, 7) is 0. The van der Waals surface area contributed by atoms with Crippen LogP contribution in [0.3, 0.4) is 0 Å². The van der Waals surface area contributed by atoms with Crippen molar-refractivity contribution >= 4 is 107 Å². The van der Waals surface area contributed by atoms with Crippen molar-refractivity contribution in [3.63, 3.8) is 0 Å². The second kappa shape index (κ2) is 10.6. The van der Waals surface area contributed by atoms with Crippen LogP contribution < -0.4 is 0 Å². The predicted octanol–water partition coefficient (Wildman–Crippen LogP) is 13.5. The van der Waals surface area contributed by atoms with Crippen LogP contribution in [0.1, 0.15) is 0 Å². The average Bonchev–Trinajstić information content (AvgIpc) is 3.95. The number of hydrogen-bond donors (Lipinski definition) is 0. The van der Waals surface area contributed by atoms with E-state index in [-0.39, 0.29) is 0 Å². The minimum atomic E-state index is 0.695. The number of rotatable bonds is 3. The summed E-state index contributed by atoms with van der Waals surface area (Å²) in [5.41, 5.74) is 9.89. The Labute approximate surface area is 304 Å². The monoisotopic (exact) mass is 699 g/mol. The van der Waals surface area contributed by atoms with Crippen molar-refractivity contribution in [1.82, 2.24) is 14.5 Å². The van der Waals surface area contributed by atoms with Gasteiger partial charge in [-0.3, -0.25) is 0 Å². The Balaban J connectivity index is 1.03. The van der Waals surface area contributed by atoms with Gasteiger partial charge in [0.25, 0.3) is 0 Å². The van der Waals surface area contributed by atoms with E-state index in [9.17, 15) is 0 Å². The standard InChI is InChI=1S/C46H25N3OS2/c1-4-16-37-30(11-1)34-23-35-32-13-3-5-17-40(32)51-42(35)24-38(34)49(37)28-19-20-39-36(22-28)44-45(50-39)43(47-25-48-44)27-10-7-9-26(21-27)29-14-8-15-33-31-12-2-6-18-41(31)52-46(29)33/h1-25H. The van der Waals surface area contributed by atoms with Crippen LogP contribution in [-0.4, -0.2) is 14.5 Å². The Kier molecular flexibility index (Phi) is 5.78. The van der Waals surface area contributed by atoms with Gasteiger partial charge in [-0.15, -0.1) is 22.7 Å². The zero-order chi connectivity index (χ0) is 33.9. The minimum Gasteiger partial charge on any atom is -0.452 e. The molecule has 0 saturated carbocycles. The summed E-state index contributed by atoms with van der Waals surface area (Å²) in [5, 5.41) is 8.66. The van der Waals surface area contributed by atoms with Crippen LogP contribution in [0, 0.1) is 0 Å². The van der Waals surface area contributed by atoms with Crippen molar-refractivity contribution in [2.75, 3.05) is 0 Å². The van der Waals surface area contributed by atoms with Gasteiger partial charge >= 0.3 is 0 Å². The second-order valence-corrected chi connectivity index (χ2v) is 15.5. The van der Waals surface area contributed by atoms with Crippen LogP contribution in [0.2, 0.25) is 0 Å². The summed E-state index contributed by atoms with van der Waals surface area (Å²) in [5.74, 6) is 0. The van der Waals surface area contributed by atoms with Crippen molar-refractivity contribution < 1.29 is 4.42 Å². The number of aromatic nitrogens is 3. The molecule has 0 spiro atoms. The lowest BCUT2D eigenvalue weighted by atomic mass is 9.99. The highest BCUT2D eigenvalue weighted by molar-refractivity contribution is 7.26. The van der Waals surface area contributed by atoms with Crippen LogP contribution in [-0.2, 0) is 0 Å². The molecule has 0 aliphatic rings. The van der Waals surface area contributed by atoms with Gasteiger partial charge in [0.1, 0.15) is 23.1 Å². The number of para-hydroxylation sites is 1. The van der Waals surface area contributed by atoms with E-state index < -0.39 is 0 Å². The molecule has 0 saturated heterocycles. The van der Waals surface area contributed by atoms with E-state index >= 15 is 0 Å². The van der Waals surface area contributed by atoms with Crippen molar-refractivity contribution in [3.8, 4) is 28.1 Å². The first kappa shape index (κ1) is 28.4. The molecule has 0 aliphatic carbocycles. The first-order valence-electron chi connectivity index (χ1n) is 17.3. The first-order valence-corrected chi connectivity index (χ1v) is 18.9. The molecule has 0 radical (unpaired) electrons. The molecule has 0 unspecified atom stereocenters. The molecule has 0 aliphatic heterocycles. The number of benzene rings is 7. The fourth-order valence-corrected chi connectivity index (χ4v) is 10.5. The van der Waals surface area contributed by atoms with Crippen LogP contribution in [0.25, 0.3) is 112 Å². The average molecular weight is 700 g/mol. The summed E-state index contributed by atoms with van der Waals surface area (Å²) < 4.78 is 14.2. The van der Waals surface area contributed by atoms with Crippen molar-refractivity contribution in [1.29, 1.82) is 0 Å². The number of furan rings is 1. The Morgan fingerprint density at radius 2 is 1.23 bits per heavy atom. The maximum atomic E-state index is 6.60. The van der Waals surface area contributed by atoms with Crippen LogP contribution in [0.4, 0.5) is 0 Å². The van der Waals surface area contributed by atoms with Crippen molar-refractivity contribution in [3.05, 3.63) is 152 Å². The van der Waals surface area contributed by atoms with Crippen LogP contribution >= 0.6 is 22.7 Å². The van der Waals surface area contributed by atoms with Gasteiger partial charge in [0.15, 0.2) is 5.58 Å². The lowest BCUT2D eigenvalue weighted by Crippen LogP contribution is -1.93. The number of thiophene rings is 2. The molecule has 0 N–H and O–H groups in total. The zero-order valence-corrected chi connectivity index (χ0v) is 29.1. The van der Waals surface area contributed by atoms with E-state index in [1.165, 1.54) is 67.7 Å². The molecule has 6 heteroatoms. The summed E-state index contributed by atoms with van der Waals surface area (Å²) >= 11 is 3.70. The number of hydrogen-bond acceptors (Lipinski definition) is 5. The molecule has 0 amide bonds. The van der Waals surface area contributed by atoms with Gasteiger partial charge in [0.2, 0.25) is 0 Å². The highest BCUT2D eigenvalue weighted by Gasteiger charge is 2.20. The fourth-order valence-electron chi connectivity index (χ4n) is 8.18. The first-order chi connectivity index (χ1) is 25.8. The molecule has 52 heavy (non-hydrogen) atoms. The van der Waals surface area contributed by atoms with Gasteiger partial charge in [-0.25, -0.2) is 9.97 Å². The molecule has 7 aromatic carbocycles. The van der Waals surface area contributed by atoms with Crippen molar-refractivity contribution in [2.45, 2.75) is 0 Å². The van der Waals surface area contributed by atoms with Gasteiger partial charge in [-0.05, 0) is 65.7 Å². The Hall–Kier alpha value is -6.34. The molecule has 0 fully saturated rings. The molecule has 242 valence electrons. The van der Waals surface area contributed by atoms with Crippen LogP contribution in [0.5, 0.6) is 0 Å². The minimum absolute atomic E-state index is 0.695. The predicted molar refractivity (Wildman–Crippen MR) is 220 cm³/mol. The molecular weight excluding hydrogens is 675 g/mol. The lowest BCUT2D eigenvalue weighted by molar-refractivity contribution is 0.667. The summed E-state index contributed by atoms with van der Waals surface area (Å²) in [7, 11) is 0. The van der Waals surface area contributed by atoms with E-state index in [1.54, 1.807) is 6.33 Å².